The molecule has 0 unspecified atom stereocenters. The smallest absolute Gasteiger partial charge is 0.255 e. The van der Waals surface area contributed by atoms with E-state index in [1.807, 2.05) is 29.2 Å². The Morgan fingerprint density at radius 3 is 2.36 bits per heavy atom. The Morgan fingerprint density at radius 1 is 0.960 bits per heavy atom. The van der Waals surface area contributed by atoms with Crippen LogP contribution in [0.25, 0.3) is 0 Å². The van der Waals surface area contributed by atoms with Crippen molar-refractivity contribution in [2.75, 3.05) is 31.9 Å². The number of nitrogens with zero attached hydrogens (tertiary/aromatic N) is 2. The molecule has 0 radical (unpaired) electrons. The molecule has 4 heteroatoms. The third-order valence-electron chi connectivity index (χ3n) is 4.49. The highest BCUT2D eigenvalue weighted by molar-refractivity contribution is 7.99. The van der Waals surface area contributed by atoms with Crippen molar-refractivity contribution in [3.8, 4) is 0 Å². The van der Waals surface area contributed by atoms with Gasteiger partial charge in [-0.25, -0.2) is 0 Å². The SMILES string of the molecule is CCCSc1ccccc1C(=O)N1CCN(Cc2ccccc2)CC1. The number of benzene rings is 2. The molecule has 2 aromatic rings. The van der Waals surface area contributed by atoms with Crippen LogP contribution in [0.5, 0.6) is 0 Å². The van der Waals surface area contributed by atoms with Gasteiger partial charge in [0.05, 0.1) is 5.56 Å². The van der Waals surface area contributed by atoms with Crippen LogP contribution >= 0.6 is 11.8 Å². The van der Waals surface area contributed by atoms with E-state index in [1.54, 1.807) is 11.8 Å². The normalized spacial score (nSPS) is 15.3. The van der Waals surface area contributed by atoms with Gasteiger partial charge < -0.3 is 4.90 Å². The second-order valence-corrected chi connectivity index (χ2v) is 7.54. The van der Waals surface area contributed by atoms with E-state index in [0.29, 0.717) is 0 Å². The lowest BCUT2D eigenvalue weighted by Gasteiger charge is -2.35. The lowest BCUT2D eigenvalue weighted by Crippen LogP contribution is -2.48. The highest BCUT2D eigenvalue weighted by atomic mass is 32.2. The van der Waals surface area contributed by atoms with Gasteiger partial charge in [-0.1, -0.05) is 49.4 Å². The molecule has 0 aliphatic carbocycles. The Kier molecular flexibility index (Phi) is 6.54. The Morgan fingerprint density at radius 2 is 1.64 bits per heavy atom. The number of rotatable bonds is 6. The monoisotopic (exact) mass is 354 g/mol. The molecule has 0 spiro atoms. The number of carbonyl (C=O) groups excluding carboxylic acids is 1. The Bertz CT molecular complexity index is 681. The van der Waals surface area contributed by atoms with E-state index in [-0.39, 0.29) is 5.91 Å². The summed E-state index contributed by atoms with van der Waals surface area (Å²) in [4.78, 5) is 18.5. The van der Waals surface area contributed by atoms with Gasteiger partial charge in [-0.15, -0.1) is 11.8 Å². The molecule has 1 fully saturated rings. The Hall–Kier alpha value is -1.78. The van der Waals surface area contributed by atoms with Gasteiger partial charge in [0.1, 0.15) is 0 Å². The fraction of sp³-hybridized carbons (Fsp3) is 0.381. The molecule has 3 nitrogen and oxygen atoms in total. The quantitative estimate of drug-likeness (QED) is 0.728. The van der Waals surface area contributed by atoms with Gasteiger partial charge in [0, 0.05) is 37.6 Å². The van der Waals surface area contributed by atoms with Crippen molar-refractivity contribution >= 4 is 17.7 Å². The minimum Gasteiger partial charge on any atom is -0.336 e. The van der Waals surface area contributed by atoms with Gasteiger partial charge in [0.2, 0.25) is 0 Å². The van der Waals surface area contributed by atoms with Crippen LogP contribution < -0.4 is 0 Å². The first-order valence-electron chi connectivity index (χ1n) is 9.05. The standard InChI is InChI=1S/C21H26N2OS/c1-2-16-25-20-11-7-6-10-19(20)21(24)23-14-12-22(13-15-23)17-18-8-4-3-5-9-18/h3-11H,2,12-17H2,1H3. The molecule has 1 aliphatic rings. The zero-order valence-electron chi connectivity index (χ0n) is 14.9. The maximum absolute atomic E-state index is 12.9. The number of hydrogen-bond acceptors (Lipinski definition) is 3. The molecule has 0 atom stereocenters. The number of carbonyl (C=O) groups is 1. The van der Waals surface area contributed by atoms with Crippen molar-refractivity contribution in [1.29, 1.82) is 0 Å². The summed E-state index contributed by atoms with van der Waals surface area (Å²) in [6.45, 7) is 6.61. The molecule has 0 bridgehead atoms. The molecule has 25 heavy (non-hydrogen) atoms. The number of amides is 1. The van der Waals surface area contributed by atoms with Crippen LogP contribution in [0.1, 0.15) is 29.3 Å². The molecule has 2 aromatic carbocycles. The molecule has 3 rings (SSSR count). The first-order valence-corrected chi connectivity index (χ1v) is 10.0. The van der Waals surface area contributed by atoms with E-state index in [0.717, 1.165) is 55.4 Å². The van der Waals surface area contributed by atoms with Crippen LogP contribution in [0.2, 0.25) is 0 Å². The van der Waals surface area contributed by atoms with Gasteiger partial charge in [-0.2, -0.15) is 0 Å². The van der Waals surface area contributed by atoms with Crippen molar-refractivity contribution in [3.63, 3.8) is 0 Å². The summed E-state index contributed by atoms with van der Waals surface area (Å²) in [6.07, 6.45) is 1.12. The maximum atomic E-state index is 12.9. The van der Waals surface area contributed by atoms with Crippen LogP contribution in [0, 0.1) is 0 Å². The topological polar surface area (TPSA) is 23.6 Å². The third-order valence-corrected chi connectivity index (χ3v) is 5.77. The fourth-order valence-electron chi connectivity index (χ4n) is 3.10. The van der Waals surface area contributed by atoms with E-state index < -0.39 is 0 Å². The second-order valence-electron chi connectivity index (χ2n) is 6.40. The molecule has 1 saturated heterocycles. The number of thioether (sulfide) groups is 1. The minimum absolute atomic E-state index is 0.179. The van der Waals surface area contributed by atoms with Crippen molar-refractivity contribution in [3.05, 3.63) is 65.7 Å². The molecule has 0 N–H and O–H groups in total. The van der Waals surface area contributed by atoms with Gasteiger partial charge >= 0.3 is 0 Å². The Balaban J connectivity index is 1.58. The van der Waals surface area contributed by atoms with Crippen LogP contribution in [0.3, 0.4) is 0 Å². The van der Waals surface area contributed by atoms with E-state index >= 15 is 0 Å². The lowest BCUT2D eigenvalue weighted by molar-refractivity contribution is 0.0625. The fourth-order valence-corrected chi connectivity index (χ4v) is 4.01. The first-order chi connectivity index (χ1) is 12.3. The van der Waals surface area contributed by atoms with Crippen LogP contribution in [0.4, 0.5) is 0 Å². The zero-order chi connectivity index (χ0) is 17.5. The summed E-state index contributed by atoms with van der Waals surface area (Å²) in [7, 11) is 0. The molecule has 1 heterocycles. The predicted octanol–water partition coefficient (Wildman–Crippen LogP) is 4.15. The van der Waals surface area contributed by atoms with Crippen LogP contribution in [-0.2, 0) is 6.54 Å². The van der Waals surface area contributed by atoms with Crippen molar-refractivity contribution < 1.29 is 4.79 Å². The van der Waals surface area contributed by atoms with Gasteiger partial charge in [-0.05, 0) is 29.9 Å². The maximum Gasteiger partial charge on any atom is 0.255 e. The molecular weight excluding hydrogens is 328 g/mol. The number of piperazine rings is 1. The van der Waals surface area contributed by atoms with Crippen molar-refractivity contribution in [2.24, 2.45) is 0 Å². The predicted molar refractivity (Wildman–Crippen MR) is 105 cm³/mol. The van der Waals surface area contributed by atoms with Crippen molar-refractivity contribution in [2.45, 2.75) is 24.8 Å². The Labute approximate surface area is 155 Å². The van der Waals surface area contributed by atoms with E-state index in [1.165, 1.54) is 5.56 Å². The molecule has 1 aliphatic heterocycles. The lowest BCUT2D eigenvalue weighted by atomic mass is 10.1. The van der Waals surface area contributed by atoms with Crippen LogP contribution in [-0.4, -0.2) is 47.6 Å². The summed E-state index contributed by atoms with van der Waals surface area (Å²) < 4.78 is 0. The van der Waals surface area contributed by atoms with E-state index in [9.17, 15) is 4.79 Å². The molecule has 0 saturated carbocycles. The molecular formula is C21H26N2OS. The van der Waals surface area contributed by atoms with Gasteiger partial charge in [0.15, 0.2) is 0 Å². The summed E-state index contributed by atoms with van der Waals surface area (Å²) in [6, 6.07) is 18.6. The molecule has 132 valence electrons. The van der Waals surface area contributed by atoms with E-state index in [4.69, 9.17) is 0 Å². The highest BCUT2D eigenvalue weighted by Crippen LogP contribution is 2.25. The minimum atomic E-state index is 0.179. The van der Waals surface area contributed by atoms with Crippen LogP contribution in [0.15, 0.2) is 59.5 Å². The first kappa shape index (κ1) is 18.0. The molecule has 1 amide bonds. The average molecular weight is 355 g/mol. The summed E-state index contributed by atoms with van der Waals surface area (Å²) >= 11 is 1.78. The number of hydrogen-bond donors (Lipinski definition) is 0. The van der Waals surface area contributed by atoms with Gasteiger partial charge in [-0.3, -0.25) is 9.69 Å². The summed E-state index contributed by atoms with van der Waals surface area (Å²) in [5, 5.41) is 0. The van der Waals surface area contributed by atoms with Gasteiger partial charge in [0.25, 0.3) is 5.91 Å². The second kappa shape index (κ2) is 9.07. The average Bonchev–Trinajstić information content (AvgIpc) is 2.67. The molecule has 0 aromatic heterocycles. The largest absolute Gasteiger partial charge is 0.336 e. The van der Waals surface area contributed by atoms with E-state index in [2.05, 4.69) is 42.2 Å². The summed E-state index contributed by atoms with van der Waals surface area (Å²) in [5.41, 5.74) is 2.20. The highest BCUT2D eigenvalue weighted by Gasteiger charge is 2.23. The third kappa shape index (κ3) is 4.86. The summed E-state index contributed by atoms with van der Waals surface area (Å²) in [5.74, 6) is 1.23. The van der Waals surface area contributed by atoms with Crippen molar-refractivity contribution in [1.82, 2.24) is 9.80 Å². The zero-order valence-corrected chi connectivity index (χ0v) is 15.7.